The fourth-order valence-electron chi connectivity index (χ4n) is 10.4. The van der Waals surface area contributed by atoms with Crippen LogP contribution in [0.5, 0.6) is 5.75 Å². The molecule has 0 radical (unpaired) electrons. The van der Waals surface area contributed by atoms with E-state index in [2.05, 4.69) is 64.3 Å². The molecular formula is C47H75N5O6. The third-order valence-corrected chi connectivity index (χ3v) is 14.5. The summed E-state index contributed by atoms with van der Waals surface area (Å²) in [5.74, 6) is 2.09. The molecule has 58 heavy (non-hydrogen) atoms. The molecule has 3 saturated carbocycles. The standard InChI is InChI=1S/C47H75N5O6/c1-12-49(13-2)19-21-51(22-20-50(14-3)15-4)46(56)36-23-35(25-38(26-36)48(9)10)39-18-16-17-33(45(39)57-11)29-52-44(43(32(6)54)42(30-53)58-52)41(55)27-34-24-37-28-40(31(34)5)47(37,7)8/h16-18,23,25-26,31-32,34,37,40,42-44,53-54H,12-15,19-22,24,27-30H2,1-11H3/t31-,32+,34-,37+,40+,42+,43-,44-/m1/s1. The lowest BCUT2D eigenvalue weighted by Gasteiger charge is -2.62. The number of carbonyl (C=O) groups is 2. The van der Waals surface area contributed by atoms with Crippen molar-refractivity contribution in [3.05, 3.63) is 47.5 Å². The molecular weight excluding hydrogens is 731 g/mol. The zero-order chi connectivity index (χ0) is 42.5. The number of aliphatic hydroxyl groups excluding tert-OH is 2. The first-order chi connectivity index (χ1) is 27.6. The summed E-state index contributed by atoms with van der Waals surface area (Å²) in [6.07, 6.45) is 1.15. The summed E-state index contributed by atoms with van der Waals surface area (Å²) in [6, 6.07) is 11.3. The molecule has 4 fully saturated rings. The first-order valence-electron chi connectivity index (χ1n) is 22.1. The van der Waals surface area contributed by atoms with Crippen LogP contribution in [-0.2, 0) is 16.2 Å². The number of rotatable bonds is 21. The fourth-order valence-corrected chi connectivity index (χ4v) is 10.4. The maximum atomic E-state index is 14.5. The first-order valence-corrected chi connectivity index (χ1v) is 22.1. The molecule has 2 bridgehead atoms. The van der Waals surface area contributed by atoms with E-state index in [-0.39, 0.29) is 30.8 Å². The van der Waals surface area contributed by atoms with Crippen LogP contribution < -0.4 is 9.64 Å². The second-order valence-corrected chi connectivity index (χ2v) is 18.1. The molecule has 1 heterocycles. The molecule has 4 aliphatic rings. The van der Waals surface area contributed by atoms with Crippen LogP contribution in [0.2, 0.25) is 0 Å². The Balaban J connectivity index is 1.46. The van der Waals surface area contributed by atoms with Crippen LogP contribution >= 0.6 is 0 Å². The van der Waals surface area contributed by atoms with E-state index < -0.39 is 24.2 Å². The van der Waals surface area contributed by atoms with E-state index in [1.807, 2.05) is 54.2 Å². The monoisotopic (exact) mass is 806 g/mol. The summed E-state index contributed by atoms with van der Waals surface area (Å²) in [6.45, 7) is 23.9. The molecule has 3 aliphatic carbocycles. The molecule has 11 heteroatoms. The van der Waals surface area contributed by atoms with Crippen LogP contribution in [0.3, 0.4) is 0 Å². The maximum Gasteiger partial charge on any atom is 0.254 e. The van der Waals surface area contributed by atoms with Crippen molar-refractivity contribution in [3.63, 3.8) is 0 Å². The number of aliphatic hydroxyl groups is 2. The van der Waals surface area contributed by atoms with Crippen molar-refractivity contribution >= 4 is 17.4 Å². The number of hydrogen-bond acceptors (Lipinski definition) is 10. The van der Waals surface area contributed by atoms with E-state index >= 15 is 0 Å². The third kappa shape index (κ3) is 9.76. The molecule has 1 amide bonds. The minimum atomic E-state index is -0.858. The summed E-state index contributed by atoms with van der Waals surface area (Å²) in [4.78, 5) is 44.1. The molecule has 11 nitrogen and oxygen atoms in total. The van der Waals surface area contributed by atoms with Gasteiger partial charge in [-0.15, -0.1) is 0 Å². The second-order valence-electron chi connectivity index (χ2n) is 18.1. The van der Waals surface area contributed by atoms with Crippen LogP contribution in [0.15, 0.2) is 36.4 Å². The van der Waals surface area contributed by atoms with Gasteiger partial charge >= 0.3 is 0 Å². The molecule has 1 saturated heterocycles. The molecule has 2 aromatic carbocycles. The lowest BCUT2D eigenvalue weighted by molar-refractivity contribution is -0.183. The van der Waals surface area contributed by atoms with Gasteiger partial charge in [-0.05, 0) is 98.8 Å². The van der Waals surface area contributed by atoms with Crippen LogP contribution in [0.1, 0.15) is 90.6 Å². The Hall–Kier alpha value is -3.06. The van der Waals surface area contributed by atoms with Crippen molar-refractivity contribution in [2.75, 3.05) is 85.1 Å². The number of likely N-dealkylation sites (N-methyl/N-ethyl adjacent to an activating group) is 2. The quantitative estimate of drug-likeness (QED) is 0.149. The zero-order valence-corrected chi connectivity index (χ0v) is 37.5. The smallest absolute Gasteiger partial charge is 0.254 e. The molecule has 8 atom stereocenters. The number of hydroxylamine groups is 2. The lowest BCUT2D eigenvalue weighted by Crippen LogP contribution is -2.55. The van der Waals surface area contributed by atoms with Crippen molar-refractivity contribution in [3.8, 4) is 16.9 Å². The Morgan fingerprint density at radius 3 is 2.12 bits per heavy atom. The molecule has 2 aromatic rings. The number of para-hydroxylation sites is 1. The van der Waals surface area contributed by atoms with Gasteiger partial charge in [-0.25, -0.2) is 0 Å². The summed E-state index contributed by atoms with van der Waals surface area (Å²) >= 11 is 0. The van der Waals surface area contributed by atoms with Gasteiger partial charge in [-0.3, -0.25) is 14.4 Å². The van der Waals surface area contributed by atoms with E-state index in [1.54, 1.807) is 19.1 Å². The highest BCUT2D eigenvalue weighted by Gasteiger charge is 2.57. The lowest BCUT2D eigenvalue weighted by atomic mass is 9.43. The Bertz CT molecular complexity index is 1660. The highest BCUT2D eigenvalue weighted by atomic mass is 16.7. The van der Waals surface area contributed by atoms with E-state index in [4.69, 9.17) is 9.57 Å². The number of nitrogens with zero attached hydrogens (tertiary/aromatic N) is 5. The van der Waals surface area contributed by atoms with Crippen LogP contribution in [-0.4, -0.2) is 140 Å². The molecule has 324 valence electrons. The summed E-state index contributed by atoms with van der Waals surface area (Å²) in [5.41, 5.74) is 4.31. The van der Waals surface area contributed by atoms with Gasteiger partial charge in [0.25, 0.3) is 5.91 Å². The zero-order valence-electron chi connectivity index (χ0n) is 37.5. The number of carbonyl (C=O) groups excluding carboxylic acids is 2. The Labute approximate surface area is 349 Å². The summed E-state index contributed by atoms with van der Waals surface area (Å²) in [7, 11) is 5.61. The molecule has 2 N–H and O–H groups in total. The predicted octanol–water partition coefficient (Wildman–Crippen LogP) is 6.31. The molecule has 1 aliphatic heterocycles. The average molecular weight is 806 g/mol. The number of fused-ring (bicyclic) bond motifs is 2. The number of ether oxygens (including phenoxy) is 1. The van der Waals surface area contributed by atoms with Crippen LogP contribution in [0.25, 0.3) is 11.1 Å². The van der Waals surface area contributed by atoms with Gasteiger partial charge in [-0.1, -0.05) is 66.7 Å². The Morgan fingerprint density at radius 2 is 1.60 bits per heavy atom. The Morgan fingerprint density at radius 1 is 0.966 bits per heavy atom. The Kier molecular flexibility index (Phi) is 15.9. The third-order valence-electron chi connectivity index (χ3n) is 14.5. The number of Topliss-reactive ketones (excluding diaryl/α,β-unsaturated/α-hetero) is 1. The minimum Gasteiger partial charge on any atom is -0.496 e. The van der Waals surface area contributed by atoms with E-state index in [1.165, 1.54) is 6.42 Å². The molecule has 0 spiro atoms. The number of ketones is 1. The predicted molar refractivity (Wildman–Crippen MR) is 233 cm³/mol. The number of amides is 1. The average Bonchev–Trinajstić information content (AvgIpc) is 3.59. The van der Waals surface area contributed by atoms with Gasteiger partial charge in [0, 0.05) is 75.0 Å². The second kappa shape index (κ2) is 20.0. The SMILES string of the molecule is CCN(CC)CCN(CCN(CC)CC)C(=O)c1cc(-c2cccc(CN3O[C@@H](CO)[C@@H]([C@H](C)O)[C@H]3C(=O)C[C@H]3C[C@H]4C[C@@H]([C@@H]3C)C4(C)C)c2OC)cc(N(C)C)c1. The van der Waals surface area contributed by atoms with E-state index in [0.717, 1.165) is 68.1 Å². The van der Waals surface area contributed by atoms with Crippen molar-refractivity contribution in [1.29, 1.82) is 0 Å². The van der Waals surface area contributed by atoms with Gasteiger partial charge in [0.05, 0.1) is 26.4 Å². The number of benzene rings is 2. The summed E-state index contributed by atoms with van der Waals surface area (Å²) in [5, 5.41) is 23.2. The summed E-state index contributed by atoms with van der Waals surface area (Å²) < 4.78 is 6.18. The van der Waals surface area contributed by atoms with E-state index in [9.17, 15) is 19.8 Å². The highest BCUT2D eigenvalue weighted by Crippen LogP contribution is 2.63. The number of anilines is 1. The maximum absolute atomic E-state index is 14.5. The normalized spacial score (nSPS) is 25.8. The molecule has 0 unspecified atom stereocenters. The van der Waals surface area contributed by atoms with Gasteiger partial charge in [-0.2, -0.15) is 5.06 Å². The van der Waals surface area contributed by atoms with Crippen LogP contribution in [0.4, 0.5) is 5.69 Å². The van der Waals surface area contributed by atoms with Gasteiger partial charge in [0.15, 0.2) is 5.78 Å². The fraction of sp³-hybridized carbons (Fsp3) is 0.702. The van der Waals surface area contributed by atoms with Crippen LogP contribution in [0, 0.1) is 35.0 Å². The van der Waals surface area contributed by atoms with Crippen molar-refractivity contribution in [2.45, 2.75) is 99.4 Å². The highest BCUT2D eigenvalue weighted by molar-refractivity contribution is 5.97. The minimum absolute atomic E-state index is 0.00133. The number of hydrogen-bond donors (Lipinski definition) is 2. The molecule has 6 rings (SSSR count). The van der Waals surface area contributed by atoms with Crippen molar-refractivity contribution in [1.82, 2.24) is 19.8 Å². The van der Waals surface area contributed by atoms with Gasteiger partial charge < -0.3 is 34.5 Å². The van der Waals surface area contributed by atoms with Crippen molar-refractivity contribution < 1.29 is 29.4 Å². The first kappa shape index (κ1) is 46.0. The number of methoxy groups -OCH3 is 1. The largest absolute Gasteiger partial charge is 0.496 e. The topological polar surface area (TPSA) is 109 Å². The van der Waals surface area contributed by atoms with Gasteiger partial charge in [0.1, 0.15) is 17.9 Å². The van der Waals surface area contributed by atoms with E-state index in [0.29, 0.717) is 54.0 Å². The van der Waals surface area contributed by atoms with Crippen molar-refractivity contribution in [2.24, 2.45) is 35.0 Å². The van der Waals surface area contributed by atoms with Gasteiger partial charge in [0.2, 0.25) is 0 Å². The molecule has 0 aromatic heterocycles.